The summed E-state index contributed by atoms with van der Waals surface area (Å²) in [6.45, 7) is 7.88. The fourth-order valence-electron chi connectivity index (χ4n) is 1.45. The first-order valence-corrected chi connectivity index (χ1v) is 4.25. The highest BCUT2D eigenvalue weighted by atomic mass is 16.3. The van der Waals surface area contributed by atoms with Crippen LogP contribution < -0.4 is 0 Å². The van der Waals surface area contributed by atoms with E-state index in [1.165, 1.54) is 0 Å². The molecule has 0 aliphatic heterocycles. The third kappa shape index (κ3) is 1.50. The molecule has 0 aliphatic carbocycles. The number of hydrogen-bond donors (Lipinski definition) is 1. The molecule has 1 N–H and O–H groups in total. The molecular formula is C9H16N2O. The molecule has 1 unspecified atom stereocenters. The Morgan fingerprint density at radius 2 is 2.00 bits per heavy atom. The zero-order valence-electron chi connectivity index (χ0n) is 8.07. The highest BCUT2D eigenvalue weighted by Gasteiger charge is 2.12. The summed E-state index contributed by atoms with van der Waals surface area (Å²) in [5.74, 6) is 0.959. The molecule has 3 nitrogen and oxygen atoms in total. The van der Waals surface area contributed by atoms with Gasteiger partial charge in [0.05, 0.1) is 18.0 Å². The van der Waals surface area contributed by atoms with E-state index in [9.17, 15) is 5.11 Å². The minimum absolute atomic E-state index is 0.358. The van der Waals surface area contributed by atoms with Gasteiger partial charge in [-0.05, 0) is 27.7 Å². The van der Waals surface area contributed by atoms with Crippen LogP contribution in [0.1, 0.15) is 44.4 Å². The molecule has 12 heavy (non-hydrogen) atoms. The van der Waals surface area contributed by atoms with Crippen molar-refractivity contribution in [3.63, 3.8) is 0 Å². The monoisotopic (exact) mass is 168 g/mol. The topological polar surface area (TPSA) is 38.1 Å². The first kappa shape index (κ1) is 9.26. The van der Waals surface area contributed by atoms with Crippen LogP contribution in [-0.4, -0.2) is 14.7 Å². The van der Waals surface area contributed by atoms with E-state index in [4.69, 9.17) is 0 Å². The van der Waals surface area contributed by atoms with E-state index in [-0.39, 0.29) is 0 Å². The smallest absolute Gasteiger partial charge is 0.106 e. The largest absolute Gasteiger partial charge is 0.387 e. The second-order valence-electron chi connectivity index (χ2n) is 3.37. The normalized spacial score (nSPS) is 13.8. The van der Waals surface area contributed by atoms with Crippen LogP contribution in [0.15, 0.2) is 6.20 Å². The molecule has 0 fully saturated rings. The molecule has 0 bridgehead atoms. The van der Waals surface area contributed by atoms with Gasteiger partial charge in [0, 0.05) is 6.04 Å². The zero-order valence-corrected chi connectivity index (χ0v) is 8.07. The number of nitrogens with zero attached hydrogens (tertiary/aromatic N) is 2. The van der Waals surface area contributed by atoms with Crippen LogP contribution in [0.4, 0.5) is 0 Å². The average Bonchev–Trinajstić information content (AvgIpc) is 2.30. The van der Waals surface area contributed by atoms with Crippen molar-refractivity contribution in [2.75, 3.05) is 0 Å². The summed E-state index contributed by atoms with van der Waals surface area (Å²) in [5, 5.41) is 9.41. The summed E-state index contributed by atoms with van der Waals surface area (Å²) < 4.78 is 2.05. The van der Waals surface area contributed by atoms with Crippen molar-refractivity contribution in [1.82, 2.24) is 9.55 Å². The second-order valence-corrected chi connectivity index (χ2v) is 3.37. The number of imidazole rings is 1. The maximum Gasteiger partial charge on any atom is 0.106 e. The summed E-state index contributed by atoms with van der Waals surface area (Å²) in [7, 11) is 0. The van der Waals surface area contributed by atoms with Gasteiger partial charge >= 0.3 is 0 Å². The van der Waals surface area contributed by atoms with Gasteiger partial charge in [-0.2, -0.15) is 0 Å². The van der Waals surface area contributed by atoms with Gasteiger partial charge in [0.25, 0.3) is 0 Å². The zero-order chi connectivity index (χ0) is 9.30. The summed E-state index contributed by atoms with van der Waals surface area (Å²) in [4.78, 5) is 4.16. The van der Waals surface area contributed by atoms with Crippen molar-refractivity contribution in [3.8, 4) is 0 Å². The summed E-state index contributed by atoms with van der Waals surface area (Å²) in [5.41, 5.74) is 0.891. The van der Waals surface area contributed by atoms with Crippen LogP contribution in [0.25, 0.3) is 0 Å². The lowest BCUT2D eigenvalue weighted by Crippen LogP contribution is -2.09. The molecule has 68 valence electrons. The molecule has 0 aromatic carbocycles. The van der Waals surface area contributed by atoms with Crippen molar-refractivity contribution >= 4 is 0 Å². The molecule has 0 saturated carbocycles. The lowest BCUT2D eigenvalue weighted by molar-refractivity contribution is 0.187. The lowest BCUT2D eigenvalue weighted by Gasteiger charge is -2.15. The van der Waals surface area contributed by atoms with Gasteiger partial charge in [-0.25, -0.2) is 4.98 Å². The number of aryl methyl sites for hydroxylation is 1. The number of rotatable bonds is 2. The van der Waals surface area contributed by atoms with Crippen molar-refractivity contribution in [2.24, 2.45) is 0 Å². The molecule has 1 rings (SSSR count). The second kappa shape index (κ2) is 3.27. The average molecular weight is 168 g/mol. The molecule has 0 spiro atoms. The van der Waals surface area contributed by atoms with Crippen LogP contribution in [0, 0.1) is 6.92 Å². The minimum Gasteiger partial charge on any atom is -0.387 e. The van der Waals surface area contributed by atoms with Crippen LogP contribution in [0.2, 0.25) is 0 Å². The Morgan fingerprint density at radius 1 is 1.42 bits per heavy atom. The van der Waals surface area contributed by atoms with Crippen molar-refractivity contribution in [3.05, 3.63) is 17.7 Å². The highest BCUT2D eigenvalue weighted by Crippen LogP contribution is 2.18. The fourth-order valence-corrected chi connectivity index (χ4v) is 1.45. The highest BCUT2D eigenvalue weighted by molar-refractivity contribution is 5.08. The van der Waals surface area contributed by atoms with E-state index < -0.39 is 6.10 Å². The lowest BCUT2D eigenvalue weighted by atomic mass is 10.2. The van der Waals surface area contributed by atoms with Crippen LogP contribution in [0.3, 0.4) is 0 Å². The number of aromatic nitrogens is 2. The number of aliphatic hydroxyl groups excluding tert-OH is 1. The predicted molar refractivity (Wildman–Crippen MR) is 48.0 cm³/mol. The van der Waals surface area contributed by atoms with Gasteiger partial charge in [0.2, 0.25) is 0 Å². The van der Waals surface area contributed by atoms with Gasteiger partial charge in [0.1, 0.15) is 5.82 Å². The molecule has 1 aromatic rings. The molecule has 1 heterocycles. The summed E-state index contributed by atoms with van der Waals surface area (Å²) in [6.07, 6.45) is 1.30. The molecule has 3 heteroatoms. The van der Waals surface area contributed by atoms with Crippen molar-refractivity contribution < 1.29 is 5.11 Å². The summed E-state index contributed by atoms with van der Waals surface area (Å²) in [6, 6.07) is 0.358. The maximum atomic E-state index is 9.41. The van der Waals surface area contributed by atoms with E-state index in [0.29, 0.717) is 6.04 Å². The minimum atomic E-state index is -0.436. The fraction of sp³-hybridized carbons (Fsp3) is 0.667. The Hall–Kier alpha value is -0.830. The van der Waals surface area contributed by atoms with Crippen molar-refractivity contribution in [1.29, 1.82) is 0 Å². The third-order valence-electron chi connectivity index (χ3n) is 1.95. The van der Waals surface area contributed by atoms with Gasteiger partial charge in [0.15, 0.2) is 0 Å². The quantitative estimate of drug-likeness (QED) is 0.731. The SMILES string of the molecule is Cc1ncc(C(C)O)n1C(C)C. The van der Waals surface area contributed by atoms with E-state index >= 15 is 0 Å². The Morgan fingerprint density at radius 3 is 2.33 bits per heavy atom. The van der Waals surface area contributed by atoms with Crippen molar-refractivity contribution in [2.45, 2.75) is 39.8 Å². The Balaban J connectivity index is 3.12. The van der Waals surface area contributed by atoms with Crippen LogP contribution in [0.5, 0.6) is 0 Å². The predicted octanol–water partition coefficient (Wildman–Crippen LogP) is 1.83. The molecule has 0 saturated heterocycles. The first-order valence-electron chi connectivity index (χ1n) is 4.25. The maximum absolute atomic E-state index is 9.41. The first-order chi connectivity index (χ1) is 5.54. The Bertz CT molecular complexity index is 263. The standard InChI is InChI=1S/C9H16N2O/c1-6(2)11-8(4)10-5-9(11)7(3)12/h5-7,12H,1-4H3. The Kier molecular flexibility index (Phi) is 2.52. The summed E-state index contributed by atoms with van der Waals surface area (Å²) >= 11 is 0. The van der Waals surface area contributed by atoms with E-state index in [2.05, 4.69) is 18.8 Å². The van der Waals surface area contributed by atoms with Gasteiger partial charge < -0.3 is 9.67 Å². The number of aliphatic hydroxyl groups is 1. The van der Waals surface area contributed by atoms with E-state index in [1.54, 1.807) is 13.1 Å². The van der Waals surface area contributed by atoms with Gasteiger partial charge in [-0.1, -0.05) is 0 Å². The number of hydrogen-bond acceptors (Lipinski definition) is 2. The molecule has 1 atom stereocenters. The van der Waals surface area contributed by atoms with E-state index in [1.807, 2.05) is 11.5 Å². The van der Waals surface area contributed by atoms with E-state index in [0.717, 1.165) is 11.5 Å². The third-order valence-corrected chi connectivity index (χ3v) is 1.95. The molecule has 1 aromatic heterocycles. The van der Waals surface area contributed by atoms with Gasteiger partial charge in [-0.15, -0.1) is 0 Å². The molecule has 0 radical (unpaired) electrons. The molecular weight excluding hydrogens is 152 g/mol. The molecule has 0 amide bonds. The molecule has 0 aliphatic rings. The van der Waals surface area contributed by atoms with Crippen LogP contribution >= 0.6 is 0 Å². The van der Waals surface area contributed by atoms with Gasteiger partial charge in [-0.3, -0.25) is 0 Å². The Labute approximate surface area is 73.1 Å². The van der Waals surface area contributed by atoms with Crippen LogP contribution in [-0.2, 0) is 0 Å².